The van der Waals surface area contributed by atoms with Crippen LogP contribution in [0.2, 0.25) is 0 Å². The highest BCUT2D eigenvalue weighted by atomic mass is 32.2. The van der Waals surface area contributed by atoms with E-state index in [4.69, 9.17) is 11.1 Å². The average molecular weight is 619 g/mol. The molecular weight excluding hydrogens is 572 g/mol. The molecule has 16 heteroatoms. The van der Waals surface area contributed by atoms with Gasteiger partial charge in [0.1, 0.15) is 24.2 Å². The van der Waals surface area contributed by atoms with Crippen molar-refractivity contribution in [3.05, 3.63) is 0 Å². The zero-order chi connectivity index (χ0) is 30.9. The molecule has 234 valence electrons. The molecule has 1 saturated heterocycles. The van der Waals surface area contributed by atoms with Crippen LogP contribution in [0.1, 0.15) is 52.4 Å². The van der Waals surface area contributed by atoms with Crippen molar-refractivity contribution in [2.75, 3.05) is 30.9 Å². The molecule has 1 aliphatic heterocycles. The summed E-state index contributed by atoms with van der Waals surface area (Å²) in [4.78, 5) is 63.8. The second-order valence-electron chi connectivity index (χ2n) is 10.3. The SMILES string of the molecule is CSCC[C@H](NC(=O)[C@H](CC(C)C)NC(=O)[C@H](CCCNC(=N)N)NC(=O)[C@@H]1CCCN1)C(=O)N[C@@H](CS)C(=O)O. The number of carbonyl (C=O) groups is 5. The predicted octanol–water partition coefficient (Wildman–Crippen LogP) is -1.25. The summed E-state index contributed by atoms with van der Waals surface area (Å²) < 4.78 is 0. The zero-order valence-electron chi connectivity index (χ0n) is 24.0. The molecule has 0 unspecified atom stereocenters. The molecule has 1 rings (SSSR count). The van der Waals surface area contributed by atoms with Gasteiger partial charge in [-0.05, 0) is 63.0 Å². The Balaban J connectivity index is 3.04. The van der Waals surface area contributed by atoms with Crippen molar-refractivity contribution in [2.24, 2.45) is 11.7 Å². The number of carboxylic acid groups (broad SMARTS) is 1. The van der Waals surface area contributed by atoms with Crippen molar-refractivity contribution in [3.63, 3.8) is 0 Å². The minimum absolute atomic E-state index is 0.000550. The number of guanidine groups is 1. The molecule has 1 aliphatic rings. The summed E-state index contributed by atoms with van der Waals surface area (Å²) in [5.41, 5.74) is 5.33. The third-order valence-electron chi connectivity index (χ3n) is 6.38. The van der Waals surface area contributed by atoms with Gasteiger partial charge >= 0.3 is 5.97 Å². The molecule has 4 amide bonds. The minimum atomic E-state index is -1.24. The van der Waals surface area contributed by atoms with Gasteiger partial charge in [0, 0.05) is 12.3 Å². The Hall–Kier alpha value is -2.72. The van der Waals surface area contributed by atoms with Crippen molar-refractivity contribution >= 4 is 59.9 Å². The van der Waals surface area contributed by atoms with Gasteiger partial charge in [-0.15, -0.1) is 0 Å². The first-order valence-electron chi connectivity index (χ1n) is 13.7. The van der Waals surface area contributed by atoms with Crippen LogP contribution in [0.25, 0.3) is 0 Å². The van der Waals surface area contributed by atoms with Gasteiger partial charge in [-0.25, -0.2) is 4.79 Å². The van der Waals surface area contributed by atoms with Crippen molar-refractivity contribution < 1.29 is 29.1 Å². The van der Waals surface area contributed by atoms with E-state index in [1.165, 1.54) is 11.8 Å². The van der Waals surface area contributed by atoms with E-state index in [2.05, 4.69) is 44.5 Å². The van der Waals surface area contributed by atoms with Crippen LogP contribution in [0.15, 0.2) is 0 Å². The topological polar surface area (TPSA) is 228 Å². The molecule has 1 fully saturated rings. The van der Waals surface area contributed by atoms with Gasteiger partial charge in [0.05, 0.1) is 6.04 Å². The molecule has 0 bridgehead atoms. The molecule has 0 spiro atoms. The molecule has 10 N–H and O–H groups in total. The number of nitrogens with one attached hydrogen (secondary N) is 7. The van der Waals surface area contributed by atoms with Crippen molar-refractivity contribution in [1.29, 1.82) is 5.41 Å². The predicted molar refractivity (Wildman–Crippen MR) is 162 cm³/mol. The number of thiol groups is 1. The first kappa shape index (κ1) is 36.3. The van der Waals surface area contributed by atoms with Crippen molar-refractivity contribution in [3.8, 4) is 0 Å². The quantitative estimate of drug-likeness (QED) is 0.0358. The van der Waals surface area contributed by atoms with Crippen molar-refractivity contribution in [1.82, 2.24) is 31.9 Å². The van der Waals surface area contributed by atoms with Crippen LogP contribution < -0.4 is 37.6 Å². The number of hydrogen-bond donors (Lipinski definition) is 10. The Morgan fingerprint density at radius 2 is 1.59 bits per heavy atom. The summed E-state index contributed by atoms with van der Waals surface area (Å²) in [6, 6.07) is -4.60. The maximum atomic E-state index is 13.4. The number of amides is 4. The molecule has 1 heterocycles. The van der Waals surface area contributed by atoms with Crippen LogP contribution in [0.4, 0.5) is 0 Å². The molecule has 0 radical (unpaired) electrons. The lowest BCUT2D eigenvalue weighted by Crippen LogP contribution is -2.58. The molecule has 0 aliphatic carbocycles. The van der Waals surface area contributed by atoms with E-state index in [9.17, 15) is 29.1 Å². The molecule has 0 aromatic carbocycles. The van der Waals surface area contributed by atoms with Gasteiger partial charge in [-0.2, -0.15) is 24.4 Å². The number of nitrogens with two attached hydrogens (primary N) is 1. The fraction of sp³-hybridized carbons (Fsp3) is 0.760. The van der Waals surface area contributed by atoms with E-state index in [-0.39, 0.29) is 42.8 Å². The Labute approximate surface area is 251 Å². The molecule has 14 nitrogen and oxygen atoms in total. The maximum absolute atomic E-state index is 13.4. The highest BCUT2D eigenvalue weighted by Crippen LogP contribution is 2.10. The molecule has 0 aromatic rings. The highest BCUT2D eigenvalue weighted by molar-refractivity contribution is 7.98. The van der Waals surface area contributed by atoms with E-state index < -0.39 is 53.9 Å². The summed E-state index contributed by atoms with van der Waals surface area (Å²) in [6.45, 7) is 4.79. The van der Waals surface area contributed by atoms with Crippen LogP contribution in [0, 0.1) is 11.3 Å². The Bertz CT molecular complexity index is 903. The smallest absolute Gasteiger partial charge is 0.327 e. The Morgan fingerprint density at radius 3 is 2.10 bits per heavy atom. The van der Waals surface area contributed by atoms with E-state index in [1.807, 2.05) is 20.1 Å². The molecular formula is C25H46N8O6S2. The van der Waals surface area contributed by atoms with Gasteiger partial charge in [-0.1, -0.05) is 13.8 Å². The zero-order valence-corrected chi connectivity index (χ0v) is 25.7. The summed E-state index contributed by atoms with van der Waals surface area (Å²) in [5.74, 6) is -3.15. The largest absolute Gasteiger partial charge is 0.480 e. The molecule has 0 aromatic heterocycles. The number of rotatable bonds is 19. The number of carbonyl (C=O) groups excluding carboxylic acids is 4. The summed E-state index contributed by atoms with van der Waals surface area (Å²) in [5, 5.41) is 32.9. The van der Waals surface area contributed by atoms with E-state index in [0.717, 1.165) is 6.42 Å². The third kappa shape index (κ3) is 14.1. The van der Waals surface area contributed by atoms with Crippen LogP contribution >= 0.6 is 24.4 Å². The number of thioether (sulfide) groups is 1. The minimum Gasteiger partial charge on any atom is -0.480 e. The fourth-order valence-corrected chi connectivity index (χ4v) is 4.91. The van der Waals surface area contributed by atoms with Crippen molar-refractivity contribution in [2.45, 2.75) is 82.6 Å². The first-order valence-corrected chi connectivity index (χ1v) is 15.8. The van der Waals surface area contributed by atoms with Crippen LogP contribution in [-0.4, -0.2) is 102 Å². The summed E-state index contributed by atoms with van der Waals surface area (Å²) in [6.07, 6.45) is 4.51. The molecule has 41 heavy (non-hydrogen) atoms. The number of carboxylic acids is 1. The van der Waals surface area contributed by atoms with Gasteiger partial charge in [0.2, 0.25) is 23.6 Å². The van der Waals surface area contributed by atoms with Crippen LogP contribution in [0.5, 0.6) is 0 Å². The summed E-state index contributed by atoms with van der Waals surface area (Å²) in [7, 11) is 0. The second-order valence-corrected chi connectivity index (χ2v) is 11.7. The Kier molecular flexibility index (Phi) is 17.2. The monoisotopic (exact) mass is 618 g/mol. The normalized spacial score (nSPS) is 17.5. The fourth-order valence-electron chi connectivity index (χ4n) is 4.19. The van der Waals surface area contributed by atoms with Gasteiger partial charge in [0.15, 0.2) is 5.96 Å². The molecule has 5 atom stereocenters. The lowest BCUT2D eigenvalue weighted by Gasteiger charge is -2.27. The average Bonchev–Trinajstić information content (AvgIpc) is 3.45. The third-order valence-corrected chi connectivity index (χ3v) is 7.38. The van der Waals surface area contributed by atoms with Crippen LogP contribution in [-0.2, 0) is 24.0 Å². The van der Waals surface area contributed by atoms with E-state index >= 15 is 0 Å². The highest BCUT2D eigenvalue weighted by Gasteiger charge is 2.32. The maximum Gasteiger partial charge on any atom is 0.327 e. The first-order chi connectivity index (χ1) is 19.4. The standard InChI is InChI=1S/C25H46N8O6S2/c1-14(2)12-18(23(37)31-17(8-11-41-3)22(36)33-19(13-40)24(38)39)32-21(35)16(7-5-10-29-25(26)27)30-20(34)15-6-4-9-28-15/h14-19,28,40H,4-13H2,1-3H3,(H,30,34)(H,31,37)(H,32,35)(H,33,36)(H,38,39)(H4,26,27,29)/t15-,16-,17-,18-,19-/m0/s1. The summed E-state index contributed by atoms with van der Waals surface area (Å²) >= 11 is 5.43. The number of hydrogen-bond acceptors (Lipinski definition) is 9. The van der Waals surface area contributed by atoms with Crippen LogP contribution in [0.3, 0.4) is 0 Å². The lowest BCUT2D eigenvalue weighted by molar-refractivity contribution is -0.141. The van der Waals surface area contributed by atoms with E-state index in [1.54, 1.807) is 0 Å². The van der Waals surface area contributed by atoms with E-state index in [0.29, 0.717) is 31.7 Å². The van der Waals surface area contributed by atoms with Gasteiger partial charge in [-0.3, -0.25) is 24.6 Å². The molecule has 0 saturated carbocycles. The Morgan fingerprint density at radius 1 is 1.00 bits per heavy atom. The van der Waals surface area contributed by atoms with Gasteiger partial charge in [0.25, 0.3) is 0 Å². The van der Waals surface area contributed by atoms with Gasteiger partial charge < -0.3 is 42.7 Å². The second kappa shape index (κ2) is 19.4. The lowest BCUT2D eigenvalue weighted by atomic mass is 10.0. The number of aliphatic carboxylic acids is 1.